The molecule has 0 saturated heterocycles. The summed E-state index contributed by atoms with van der Waals surface area (Å²) in [5.74, 6) is 0.180. The number of hydrogen-bond acceptors (Lipinski definition) is 3. The highest BCUT2D eigenvalue weighted by Crippen LogP contribution is 2.24. The van der Waals surface area contributed by atoms with Gasteiger partial charge in [-0.2, -0.15) is 0 Å². The number of ether oxygens (including phenoxy) is 2. The third kappa shape index (κ3) is 4.71. The number of benzene rings is 1. The van der Waals surface area contributed by atoms with Gasteiger partial charge in [0.15, 0.2) is 0 Å². The van der Waals surface area contributed by atoms with Crippen molar-refractivity contribution in [3.8, 4) is 5.75 Å². The summed E-state index contributed by atoms with van der Waals surface area (Å²) in [7, 11) is 0. The second kappa shape index (κ2) is 7.25. The Balaban J connectivity index is 2.53. The molecule has 1 aromatic rings. The van der Waals surface area contributed by atoms with Crippen molar-refractivity contribution in [3.05, 3.63) is 29.6 Å². The molecule has 0 aliphatic rings. The van der Waals surface area contributed by atoms with Gasteiger partial charge < -0.3 is 15.2 Å². The fourth-order valence-electron chi connectivity index (χ4n) is 1.47. The van der Waals surface area contributed by atoms with Gasteiger partial charge in [0, 0.05) is 24.3 Å². The number of rotatable bonds is 7. The summed E-state index contributed by atoms with van der Waals surface area (Å²) in [5.41, 5.74) is 6.59. The zero-order valence-electron chi connectivity index (χ0n) is 10.4. The van der Waals surface area contributed by atoms with Gasteiger partial charge in [-0.15, -0.1) is 0 Å². The summed E-state index contributed by atoms with van der Waals surface area (Å²) in [6, 6.07) is 4.22. The van der Waals surface area contributed by atoms with Crippen LogP contribution >= 0.6 is 0 Å². The predicted octanol–water partition coefficient (Wildman–Crippen LogP) is 2.65. The first kappa shape index (κ1) is 13.9. The van der Waals surface area contributed by atoms with E-state index in [1.165, 1.54) is 12.1 Å². The molecule has 4 heteroatoms. The maximum absolute atomic E-state index is 13.1. The lowest BCUT2D eigenvalue weighted by molar-refractivity contribution is 0.100. The Morgan fingerprint density at radius 1 is 1.29 bits per heavy atom. The molecule has 0 fully saturated rings. The Labute approximate surface area is 102 Å². The minimum absolute atomic E-state index is 0.179. The van der Waals surface area contributed by atoms with Gasteiger partial charge in [0.2, 0.25) is 0 Å². The van der Waals surface area contributed by atoms with E-state index in [0.717, 1.165) is 12.0 Å². The third-order valence-electron chi connectivity index (χ3n) is 2.30. The van der Waals surface area contributed by atoms with E-state index >= 15 is 0 Å². The van der Waals surface area contributed by atoms with Gasteiger partial charge >= 0.3 is 0 Å². The van der Waals surface area contributed by atoms with Crippen molar-refractivity contribution in [3.63, 3.8) is 0 Å². The van der Waals surface area contributed by atoms with Crippen LogP contribution in [0.3, 0.4) is 0 Å². The molecule has 1 atom stereocenters. The van der Waals surface area contributed by atoms with Crippen LogP contribution in [0, 0.1) is 5.82 Å². The lowest BCUT2D eigenvalue weighted by Gasteiger charge is -2.14. The van der Waals surface area contributed by atoms with E-state index in [0.29, 0.717) is 25.6 Å². The molecular formula is C13H20FNO2. The molecule has 3 nitrogen and oxygen atoms in total. The van der Waals surface area contributed by atoms with Gasteiger partial charge in [0.25, 0.3) is 0 Å². The first-order valence-electron chi connectivity index (χ1n) is 5.90. The largest absolute Gasteiger partial charge is 0.491 e. The second-order valence-electron chi connectivity index (χ2n) is 3.93. The summed E-state index contributed by atoms with van der Waals surface area (Å²) in [4.78, 5) is 0. The Hall–Kier alpha value is -1.13. The minimum Gasteiger partial charge on any atom is -0.491 e. The molecule has 1 rings (SSSR count). The number of hydrogen-bond donors (Lipinski definition) is 1. The van der Waals surface area contributed by atoms with Crippen molar-refractivity contribution < 1.29 is 13.9 Å². The lowest BCUT2D eigenvalue weighted by Crippen LogP contribution is -2.12. The lowest BCUT2D eigenvalue weighted by atomic mass is 10.1. The second-order valence-corrected chi connectivity index (χ2v) is 3.93. The highest BCUT2D eigenvalue weighted by molar-refractivity contribution is 5.36. The fraction of sp³-hybridized carbons (Fsp3) is 0.538. The average Bonchev–Trinajstić information content (AvgIpc) is 2.28. The minimum atomic E-state index is -0.320. The topological polar surface area (TPSA) is 44.5 Å². The van der Waals surface area contributed by atoms with Crippen molar-refractivity contribution in [2.24, 2.45) is 5.73 Å². The summed E-state index contributed by atoms with van der Waals surface area (Å²) in [5, 5.41) is 0. The van der Waals surface area contributed by atoms with E-state index in [4.69, 9.17) is 15.2 Å². The molecule has 0 spiro atoms. The summed E-state index contributed by atoms with van der Waals surface area (Å²) >= 11 is 0. The predicted molar refractivity (Wildman–Crippen MR) is 65.6 cm³/mol. The van der Waals surface area contributed by atoms with Crippen LogP contribution in [0.1, 0.15) is 31.9 Å². The summed E-state index contributed by atoms with van der Waals surface area (Å²) < 4.78 is 23.9. The van der Waals surface area contributed by atoms with Gasteiger partial charge in [0.05, 0.1) is 6.61 Å². The van der Waals surface area contributed by atoms with E-state index in [2.05, 4.69) is 0 Å². The van der Waals surface area contributed by atoms with Crippen LogP contribution in [0.2, 0.25) is 0 Å². The van der Waals surface area contributed by atoms with Crippen LogP contribution in [-0.2, 0) is 4.74 Å². The van der Waals surface area contributed by atoms with Gasteiger partial charge in [-0.3, -0.25) is 0 Å². The van der Waals surface area contributed by atoms with E-state index in [9.17, 15) is 4.39 Å². The molecule has 0 heterocycles. The summed E-state index contributed by atoms with van der Waals surface area (Å²) in [6.07, 6.45) is 0.977. The fourth-order valence-corrected chi connectivity index (χ4v) is 1.47. The SMILES string of the molecule is CCCOCCOc1cc(F)ccc1[C@H](C)N. The molecule has 2 N–H and O–H groups in total. The van der Waals surface area contributed by atoms with Crippen molar-refractivity contribution in [2.75, 3.05) is 19.8 Å². The van der Waals surface area contributed by atoms with E-state index in [1.54, 1.807) is 6.07 Å². The van der Waals surface area contributed by atoms with Crippen molar-refractivity contribution in [2.45, 2.75) is 26.3 Å². The standard InChI is InChI=1S/C13H20FNO2/c1-3-6-16-7-8-17-13-9-11(14)4-5-12(13)10(2)15/h4-5,9-10H,3,6-8,15H2,1-2H3/t10-/m0/s1. The Kier molecular flexibility index (Phi) is 5.94. The van der Waals surface area contributed by atoms with E-state index in [1.807, 2.05) is 13.8 Å². The Morgan fingerprint density at radius 2 is 2.06 bits per heavy atom. The van der Waals surface area contributed by atoms with Crippen LogP contribution in [0.25, 0.3) is 0 Å². The Morgan fingerprint density at radius 3 is 2.71 bits per heavy atom. The van der Waals surface area contributed by atoms with E-state index in [-0.39, 0.29) is 11.9 Å². The average molecular weight is 241 g/mol. The normalized spacial score (nSPS) is 12.5. The maximum Gasteiger partial charge on any atom is 0.127 e. The van der Waals surface area contributed by atoms with E-state index < -0.39 is 0 Å². The molecule has 17 heavy (non-hydrogen) atoms. The smallest absolute Gasteiger partial charge is 0.127 e. The van der Waals surface area contributed by atoms with Gasteiger partial charge in [-0.05, 0) is 19.4 Å². The molecule has 96 valence electrons. The van der Waals surface area contributed by atoms with Gasteiger partial charge in [0.1, 0.15) is 18.2 Å². The molecular weight excluding hydrogens is 221 g/mol. The molecule has 0 saturated carbocycles. The molecule has 0 unspecified atom stereocenters. The Bertz CT molecular complexity index is 342. The van der Waals surface area contributed by atoms with Gasteiger partial charge in [-0.1, -0.05) is 13.0 Å². The monoisotopic (exact) mass is 241 g/mol. The first-order chi connectivity index (χ1) is 8.15. The van der Waals surface area contributed by atoms with Crippen molar-refractivity contribution in [1.82, 2.24) is 0 Å². The molecule has 0 aliphatic carbocycles. The van der Waals surface area contributed by atoms with Crippen LogP contribution in [0.4, 0.5) is 4.39 Å². The van der Waals surface area contributed by atoms with Crippen molar-refractivity contribution in [1.29, 1.82) is 0 Å². The summed E-state index contributed by atoms with van der Waals surface area (Å²) in [6.45, 7) is 5.51. The molecule has 0 amide bonds. The highest BCUT2D eigenvalue weighted by atomic mass is 19.1. The zero-order valence-corrected chi connectivity index (χ0v) is 10.4. The molecule has 0 radical (unpaired) electrons. The third-order valence-corrected chi connectivity index (χ3v) is 2.30. The zero-order chi connectivity index (χ0) is 12.7. The van der Waals surface area contributed by atoms with Crippen LogP contribution in [-0.4, -0.2) is 19.8 Å². The van der Waals surface area contributed by atoms with Crippen LogP contribution in [0.15, 0.2) is 18.2 Å². The van der Waals surface area contributed by atoms with Crippen LogP contribution in [0.5, 0.6) is 5.75 Å². The quantitative estimate of drug-likeness (QED) is 0.746. The molecule has 0 bridgehead atoms. The molecule has 1 aromatic carbocycles. The van der Waals surface area contributed by atoms with Gasteiger partial charge in [-0.25, -0.2) is 4.39 Å². The van der Waals surface area contributed by atoms with Crippen molar-refractivity contribution >= 4 is 0 Å². The first-order valence-corrected chi connectivity index (χ1v) is 5.90. The highest BCUT2D eigenvalue weighted by Gasteiger charge is 2.09. The number of halogens is 1. The maximum atomic E-state index is 13.1. The van der Waals surface area contributed by atoms with Crippen LogP contribution < -0.4 is 10.5 Å². The number of nitrogens with two attached hydrogens (primary N) is 1. The molecule has 0 aliphatic heterocycles. The molecule has 0 aromatic heterocycles.